The molecule has 3 aromatic carbocycles. The van der Waals surface area contributed by atoms with Crippen molar-refractivity contribution in [2.24, 2.45) is 0 Å². The summed E-state index contributed by atoms with van der Waals surface area (Å²) in [5.41, 5.74) is 2.49. The molecule has 2 heterocycles. The number of halogens is 3. The normalized spacial score (nSPS) is 11.8. The van der Waals surface area contributed by atoms with E-state index in [0.29, 0.717) is 21.6 Å². The van der Waals surface area contributed by atoms with E-state index in [1.165, 1.54) is 24.3 Å². The van der Waals surface area contributed by atoms with Gasteiger partial charge in [-0.25, -0.2) is 13.8 Å². The second kappa shape index (κ2) is 8.15. The van der Waals surface area contributed by atoms with Crippen molar-refractivity contribution in [2.75, 3.05) is 0 Å². The van der Waals surface area contributed by atoms with Gasteiger partial charge >= 0.3 is 0 Å². The zero-order chi connectivity index (χ0) is 23.2. The molecule has 5 rings (SSSR count). The van der Waals surface area contributed by atoms with Gasteiger partial charge in [0.1, 0.15) is 17.4 Å². The maximum absolute atomic E-state index is 14.7. The number of aromatic amines is 2. The van der Waals surface area contributed by atoms with Crippen LogP contribution in [0.2, 0.25) is 0 Å². The second-order valence-electron chi connectivity index (χ2n) is 8.32. The van der Waals surface area contributed by atoms with Crippen LogP contribution in [0.25, 0.3) is 22.3 Å². The molecule has 4 nitrogen and oxygen atoms in total. The van der Waals surface area contributed by atoms with Crippen LogP contribution in [0.3, 0.4) is 0 Å². The summed E-state index contributed by atoms with van der Waals surface area (Å²) in [7, 11) is 0. The van der Waals surface area contributed by atoms with Crippen molar-refractivity contribution in [1.29, 1.82) is 0 Å². The van der Waals surface area contributed by atoms with Crippen LogP contribution < -0.4 is 4.74 Å². The topological polar surface area (TPSA) is 53.7 Å². The highest BCUT2D eigenvalue weighted by Gasteiger charge is 2.26. The van der Waals surface area contributed by atoms with Crippen LogP contribution in [0.15, 0.2) is 77.5 Å². The van der Waals surface area contributed by atoms with Crippen molar-refractivity contribution >= 4 is 26.8 Å². The molecule has 0 bridgehead atoms. The molecule has 0 amide bonds. The number of imidazole rings is 1. The molecule has 0 atom stereocenters. The summed E-state index contributed by atoms with van der Waals surface area (Å²) < 4.78 is 35.7. The number of H-pyrrole nitrogens is 2. The molecule has 0 unspecified atom stereocenters. The third-order valence-corrected chi connectivity index (χ3v) is 6.65. The smallest absolute Gasteiger partial charge is 0.177 e. The van der Waals surface area contributed by atoms with Crippen LogP contribution in [0.4, 0.5) is 8.78 Å². The maximum Gasteiger partial charge on any atom is 0.177 e. The molecule has 0 saturated carbocycles. The summed E-state index contributed by atoms with van der Waals surface area (Å²) in [6.07, 6.45) is 3.44. The zero-order valence-corrected chi connectivity index (χ0v) is 19.5. The Kier molecular flexibility index (Phi) is 5.29. The molecule has 2 N–H and O–H groups in total. The fourth-order valence-electron chi connectivity index (χ4n) is 3.86. The molecule has 0 aliphatic heterocycles. The van der Waals surface area contributed by atoms with Gasteiger partial charge in [-0.05, 0) is 45.8 Å². The Morgan fingerprint density at radius 3 is 2.55 bits per heavy atom. The number of aromatic nitrogens is 3. The number of benzene rings is 3. The van der Waals surface area contributed by atoms with Crippen LogP contribution in [0.5, 0.6) is 11.5 Å². The third kappa shape index (κ3) is 3.82. The second-order valence-corrected chi connectivity index (χ2v) is 9.11. The Balaban J connectivity index is 1.50. The number of fused-ring (bicyclic) bond motifs is 1. The van der Waals surface area contributed by atoms with Crippen LogP contribution in [0, 0.1) is 11.6 Å². The van der Waals surface area contributed by atoms with Gasteiger partial charge in [-0.15, -0.1) is 0 Å². The molecule has 33 heavy (non-hydrogen) atoms. The van der Waals surface area contributed by atoms with Gasteiger partial charge in [-0.2, -0.15) is 0 Å². The first-order valence-corrected chi connectivity index (χ1v) is 11.2. The maximum atomic E-state index is 14.7. The molecule has 0 fully saturated rings. The van der Waals surface area contributed by atoms with Crippen molar-refractivity contribution < 1.29 is 13.5 Å². The summed E-state index contributed by atoms with van der Waals surface area (Å²) in [4.78, 5) is 10.6. The minimum atomic E-state index is -0.535. The number of nitrogens with zero attached hydrogens (tertiary/aromatic N) is 1. The highest BCUT2D eigenvalue weighted by atomic mass is 79.9. The van der Waals surface area contributed by atoms with Crippen LogP contribution in [0.1, 0.15) is 25.1 Å². The van der Waals surface area contributed by atoms with Gasteiger partial charge in [-0.3, -0.25) is 0 Å². The number of rotatable bonds is 5. The van der Waals surface area contributed by atoms with E-state index < -0.39 is 11.6 Å². The Labute approximate surface area is 197 Å². The first kappa shape index (κ1) is 21.4. The minimum absolute atomic E-state index is 0.0324. The van der Waals surface area contributed by atoms with E-state index in [9.17, 15) is 8.78 Å². The van der Waals surface area contributed by atoms with Gasteiger partial charge in [-0.1, -0.05) is 44.2 Å². The lowest BCUT2D eigenvalue weighted by atomic mass is 9.82. The molecule has 0 saturated heterocycles. The van der Waals surface area contributed by atoms with Gasteiger partial charge in [0.15, 0.2) is 11.6 Å². The predicted molar refractivity (Wildman–Crippen MR) is 129 cm³/mol. The summed E-state index contributed by atoms with van der Waals surface area (Å²) in [6.45, 7) is 4.15. The van der Waals surface area contributed by atoms with Crippen molar-refractivity contribution in [1.82, 2.24) is 15.0 Å². The quantitative estimate of drug-likeness (QED) is 0.256. The zero-order valence-electron chi connectivity index (χ0n) is 17.9. The number of hydrogen-bond acceptors (Lipinski definition) is 2. The highest BCUT2D eigenvalue weighted by molar-refractivity contribution is 9.10. The van der Waals surface area contributed by atoms with Crippen molar-refractivity contribution in [3.8, 4) is 22.9 Å². The lowest BCUT2D eigenvalue weighted by Gasteiger charge is -2.23. The van der Waals surface area contributed by atoms with E-state index in [-0.39, 0.29) is 16.7 Å². The van der Waals surface area contributed by atoms with Crippen LogP contribution in [-0.2, 0) is 5.41 Å². The molecule has 166 valence electrons. The van der Waals surface area contributed by atoms with Crippen molar-refractivity contribution in [3.05, 3.63) is 100 Å². The monoisotopic (exact) mass is 507 g/mol. The fourth-order valence-corrected chi connectivity index (χ4v) is 4.48. The molecule has 2 aromatic heterocycles. The average Bonchev–Trinajstić information content (AvgIpc) is 3.48. The Morgan fingerprint density at radius 1 is 0.970 bits per heavy atom. The summed E-state index contributed by atoms with van der Waals surface area (Å²) >= 11 is 3.42. The summed E-state index contributed by atoms with van der Waals surface area (Å²) in [5, 5.41) is 0.785. The Bertz CT molecular complexity index is 1460. The standard InChI is InChI=1S/C26H20BrF2N3O/c1-26(2,15-6-4-3-5-7-15)22-14-31-25(32-22)18-12-16(8-9-19(18)28)33-24-20(29)13-21-17(23(24)27)10-11-30-21/h3-14,30H,1-2H3,(H,31,32). The minimum Gasteiger partial charge on any atom is -0.453 e. The molecule has 0 aliphatic carbocycles. The third-order valence-electron chi connectivity index (χ3n) is 5.86. The molecule has 0 aliphatic rings. The summed E-state index contributed by atoms with van der Waals surface area (Å²) in [5.74, 6) is -0.294. The molecular weight excluding hydrogens is 488 g/mol. The molecule has 7 heteroatoms. The lowest BCUT2D eigenvalue weighted by molar-refractivity contribution is 0.439. The van der Waals surface area contributed by atoms with E-state index in [1.54, 1.807) is 12.4 Å². The number of ether oxygens (including phenoxy) is 1. The van der Waals surface area contributed by atoms with E-state index >= 15 is 0 Å². The Hall–Kier alpha value is -3.45. The number of hydrogen-bond donors (Lipinski definition) is 2. The van der Waals surface area contributed by atoms with Crippen LogP contribution in [-0.4, -0.2) is 15.0 Å². The van der Waals surface area contributed by atoms with Gasteiger partial charge < -0.3 is 14.7 Å². The van der Waals surface area contributed by atoms with E-state index in [4.69, 9.17) is 4.74 Å². The van der Waals surface area contributed by atoms with Crippen molar-refractivity contribution in [2.45, 2.75) is 19.3 Å². The number of nitrogens with one attached hydrogen (secondary N) is 2. The molecule has 0 spiro atoms. The lowest BCUT2D eigenvalue weighted by Crippen LogP contribution is -2.19. The van der Waals surface area contributed by atoms with Gasteiger partial charge in [0.25, 0.3) is 0 Å². The first-order chi connectivity index (χ1) is 15.8. The Morgan fingerprint density at radius 2 is 1.76 bits per heavy atom. The SMILES string of the molecule is CC(C)(c1ccccc1)c1cnc(-c2cc(Oc3c(F)cc4[nH]ccc4c3Br)ccc2F)[nH]1. The average molecular weight is 508 g/mol. The fraction of sp³-hybridized carbons (Fsp3) is 0.115. The molecule has 0 radical (unpaired) electrons. The van der Waals surface area contributed by atoms with Gasteiger partial charge in [0.2, 0.25) is 0 Å². The van der Waals surface area contributed by atoms with E-state index in [0.717, 1.165) is 16.6 Å². The van der Waals surface area contributed by atoms with Gasteiger partial charge in [0, 0.05) is 40.5 Å². The van der Waals surface area contributed by atoms with Crippen LogP contribution >= 0.6 is 15.9 Å². The molecule has 5 aromatic rings. The van der Waals surface area contributed by atoms with Crippen molar-refractivity contribution in [3.63, 3.8) is 0 Å². The largest absolute Gasteiger partial charge is 0.453 e. The van der Waals surface area contributed by atoms with E-state index in [1.807, 2.05) is 36.4 Å². The molecular formula is C26H20BrF2N3O. The highest BCUT2D eigenvalue weighted by Crippen LogP contribution is 2.39. The summed E-state index contributed by atoms with van der Waals surface area (Å²) in [6, 6.07) is 17.5. The van der Waals surface area contributed by atoms with E-state index in [2.05, 4.69) is 44.7 Å². The predicted octanol–water partition coefficient (Wildman–Crippen LogP) is 7.72. The first-order valence-electron chi connectivity index (χ1n) is 10.4. The van der Waals surface area contributed by atoms with Gasteiger partial charge in [0.05, 0.1) is 10.0 Å².